The van der Waals surface area contributed by atoms with Crippen molar-refractivity contribution in [3.05, 3.63) is 70.5 Å². The molecule has 0 fully saturated rings. The molecule has 3 rings (SSSR count). The molecular formula is C18H15FN2O3. The number of hydrogen-bond donors (Lipinski definition) is 1. The fourth-order valence-electron chi connectivity index (χ4n) is 2.38. The van der Waals surface area contributed by atoms with Gasteiger partial charge >= 0.3 is 5.76 Å². The van der Waals surface area contributed by atoms with Crippen LogP contribution in [0.5, 0.6) is 0 Å². The zero-order valence-electron chi connectivity index (χ0n) is 13.2. The van der Waals surface area contributed by atoms with Gasteiger partial charge in [-0.1, -0.05) is 12.1 Å². The lowest BCUT2D eigenvalue weighted by molar-refractivity contribution is -0.111. The quantitative estimate of drug-likeness (QED) is 0.751. The van der Waals surface area contributed by atoms with E-state index >= 15 is 0 Å². The van der Waals surface area contributed by atoms with E-state index in [4.69, 9.17) is 4.42 Å². The fraction of sp³-hybridized carbons (Fsp3) is 0.111. The lowest BCUT2D eigenvalue weighted by Gasteiger charge is -2.04. The van der Waals surface area contributed by atoms with E-state index in [1.54, 1.807) is 44.3 Å². The van der Waals surface area contributed by atoms with E-state index in [1.165, 1.54) is 22.8 Å². The molecule has 1 amide bonds. The molecular weight excluding hydrogens is 311 g/mol. The Kier molecular flexibility index (Phi) is 4.04. The van der Waals surface area contributed by atoms with Gasteiger partial charge in [0, 0.05) is 24.9 Å². The summed E-state index contributed by atoms with van der Waals surface area (Å²) < 4.78 is 19.4. The van der Waals surface area contributed by atoms with Crippen LogP contribution < -0.4 is 11.1 Å². The minimum atomic E-state index is -0.458. The number of rotatable bonds is 3. The standard InChI is InChI=1S/C18H15FN2O3/c1-11(12-3-5-13(19)6-4-12)9-17(22)20-14-7-8-15-16(10-14)24-18(23)21(15)2/h3-10H,1-2H3,(H,20,22). The monoisotopic (exact) mass is 326 g/mol. The molecule has 0 radical (unpaired) electrons. The van der Waals surface area contributed by atoms with Crippen LogP contribution in [0.2, 0.25) is 0 Å². The molecule has 6 heteroatoms. The SMILES string of the molecule is CC(=CC(=O)Nc1ccc2c(c1)oc(=O)n2C)c1ccc(F)cc1. The van der Waals surface area contributed by atoms with Crippen LogP contribution in [0.25, 0.3) is 16.7 Å². The minimum Gasteiger partial charge on any atom is -0.408 e. The summed E-state index contributed by atoms with van der Waals surface area (Å²) in [6.45, 7) is 1.77. The first kappa shape index (κ1) is 15.7. The molecule has 1 N–H and O–H groups in total. The van der Waals surface area contributed by atoms with Crippen LogP contribution in [0.1, 0.15) is 12.5 Å². The molecule has 5 nitrogen and oxygen atoms in total. The molecule has 1 heterocycles. The molecule has 0 atom stereocenters. The molecule has 0 unspecified atom stereocenters. The van der Waals surface area contributed by atoms with E-state index in [0.29, 0.717) is 22.4 Å². The van der Waals surface area contributed by atoms with Crippen molar-refractivity contribution in [3.8, 4) is 0 Å². The Balaban J connectivity index is 1.80. The molecule has 0 saturated heterocycles. The van der Waals surface area contributed by atoms with E-state index in [1.807, 2.05) is 0 Å². The second-order valence-electron chi connectivity index (χ2n) is 5.43. The Morgan fingerprint density at radius 2 is 1.92 bits per heavy atom. The van der Waals surface area contributed by atoms with Gasteiger partial charge in [0.05, 0.1) is 5.52 Å². The third-order valence-corrected chi connectivity index (χ3v) is 3.71. The second-order valence-corrected chi connectivity index (χ2v) is 5.43. The van der Waals surface area contributed by atoms with E-state index in [0.717, 1.165) is 5.56 Å². The smallest absolute Gasteiger partial charge is 0.408 e. The molecule has 0 aliphatic carbocycles. The number of aromatic nitrogens is 1. The third kappa shape index (κ3) is 3.12. The summed E-state index contributed by atoms with van der Waals surface area (Å²) in [6.07, 6.45) is 1.43. The number of nitrogens with one attached hydrogen (secondary N) is 1. The number of carbonyl (C=O) groups excluding carboxylic acids is 1. The maximum atomic E-state index is 12.9. The average Bonchev–Trinajstić information content (AvgIpc) is 2.82. The van der Waals surface area contributed by atoms with Crippen LogP contribution in [0.4, 0.5) is 10.1 Å². The van der Waals surface area contributed by atoms with Gasteiger partial charge in [-0.3, -0.25) is 9.36 Å². The topological polar surface area (TPSA) is 64.2 Å². The zero-order valence-corrected chi connectivity index (χ0v) is 13.2. The fourth-order valence-corrected chi connectivity index (χ4v) is 2.38. The van der Waals surface area contributed by atoms with Crippen molar-refractivity contribution in [1.29, 1.82) is 0 Å². The summed E-state index contributed by atoms with van der Waals surface area (Å²) in [7, 11) is 1.61. The van der Waals surface area contributed by atoms with Gasteiger partial charge in [0.1, 0.15) is 5.82 Å². The van der Waals surface area contributed by atoms with Crippen molar-refractivity contribution in [2.75, 3.05) is 5.32 Å². The molecule has 0 saturated carbocycles. The minimum absolute atomic E-state index is 0.325. The number of hydrogen-bond acceptors (Lipinski definition) is 3. The molecule has 122 valence electrons. The number of amides is 1. The van der Waals surface area contributed by atoms with E-state index in [2.05, 4.69) is 5.32 Å². The van der Waals surface area contributed by atoms with Crippen LogP contribution >= 0.6 is 0 Å². The summed E-state index contributed by atoms with van der Waals surface area (Å²) in [6, 6.07) is 10.9. The number of benzene rings is 2. The second kappa shape index (κ2) is 6.16. The number of anilines is 1. The van der Waals surface area contributed by atoms with Gasteiger partial charge < -0.3 is 9.73 Å². The lowest BCUT2D eigenvalue weighted by Crippen LogP contribution is -2.09. The molecule has 1 aromatic heterocycles. The molecule has 3 aromatic rings. The highest BCUT2D eigenvalue weighted by atomic mass is 19.1. The summed E-state index contributed by atoms with van der Waals surface area (Å²) in [5.74, 6) is -1.11. The Labute approximate surface area is 137 Å². The zero-order chi connectivity index (χ0) is 17.3. The maximum Gasteiger partial charge on any atom is 0.419 e. The first-order chi connectivity index (χ1) is 11.4. The Bertz CT molecular complexity index is 997. The van der Waals surface area contributed by atoms with E-state index in [-0.39, 0.29) is 11.7 Å². The largest absolute Gasteiger partial charge is 0.419 e. The number of fused-ring (bicyclic) bond motifs is 1. The first-order valence-corrected chi connectivity index (χ1v) is 7.29. The van der Waals surface area contributed by atoms with Crippen LogP contribution in [-0.4, -0.2) is 10.5 Å². The highest BCUT2D eigenvalue weighted by molar-refractivity contribution is 6.04. The summed E-state index contributed by atoms with van der Waals surface area (Å²) >= 11 is 0. The molecule has 2 aromatic carbocycles. The number of halogens is 1. The maximum absolute atomic E-state index is 12.9. The number of carbonyl (C=O) groups is 1. The molecule has 0 spiro atoms. The van der Waals surface area contributed by atoms with Crippen molar-refractivity contribution in [1.82, 2.24) is 4.57 Å². The average molecular weight is 326 g/mol. The van der Waals surface area contributed by atoms with Crippen molar-refractivity contribution in [3.63, 3.8) is 0 Å². The third-order valence-electron chi connectivity index (χ3n) is 3.71. The van der Waals surface area contributed by atoms with Crippen LogP contribution in [0, 0.1) is 5.82 Å². The van der Waals surface area contributed by atoms with E-state index in [9.17, 15) is 14.0 Å². The van der Waals surface area contributed by atoms with Crippen LogP contribution in [-0.2, 0) is 11.8 Å². The van der Waals surface area contributed by atoms with Gasteiger partial charge in [-0.15, -0.1) is 0 Å². The predicted octanol–water partition coefficient (Wildman–Crippen LogP) is 3.31. The van der Waals surface area contributed by atoms with Crippen LogP contribution in [0.3, 0.4) is 0 Å². The van der Waals surface area contributed by atoms with Crippen molar-refractivity contribution in [2.24, 2.45) is 7.05 Å². The van der Waals surface area contributed by atoms with Gasteiger partial charge in [0.25, 0.3) is 0 Å². The molecule has 0 aliphatic heterocycles. The predicted molar refractivity (Wildman–Crippen MR) is 90.1 cm³/mol. The van der Waals surface area contributed by atoms with Gasteiger partial charge in [0.15, 0.2) is 5.58 Å². The van der Waals surface area contributed by atoms with Gasteiger partial charge in [0.2, 0.25) is 5.91 Å². The normalized spacial score (nSPS) is 11.7. The number of aryl methyl sites for hydroxylation is 1. The van der Waals surface area contributed by atoms with Crippen molar-refractivity contribution < 1.29 is 13.6 Å². The molecule has 0 bridgehead atoms. The Morgan fingerprint density at radius 3 is 2.62 bits per heavy atom. The highest BCUT2D eigenvalue weighted by Crippen LogP contribution is 2.19. The van der Waals surface area contributed by atoms with Gasteiger partial charge in [-0.25, -0.2) is 9.18 Å². The summed E-state index contributed by atoms with van der Waals surface area (Å²) in [5, 5.41) is 2.71. The Hall–Kier alpha value is -3.15. The van der Waals surface area contributed by atoms with Gasteiger partial charge in [-0.05, 0) is 42.3 Å². The molecule has 24 heavy (non-hydrogen) atoms. The highest BCUT2D eigenvalue weighted by Gasteiger charge is 2.08. The van der Waals surface area contributed by atoms with Crippen molar-refractivity contribution >= 4 is 28.3 Å². The van der Waals surface area contributed by atoms with Gasteiger partial charge in [-0.2, -0.15) is 0 Å². The lowest BCUT2D eigenvalue weighted by atomic mass is 10.1. The van der Waals surface area contributed by atoms with Crippen LogP contribution in [0.15, 0.2) is 57.8 Å². The first-order valence-electron chi connectivity index (χ1n) is 7.29. The number of oxazole rings is 1. The van der Waals surface area contributed by atoms with Crippen molar-refractivity contribution in [2.45, 2.75) is 6.92 Å². The Morgan fingerprint density at radius 1 is 1.21 bits per heavy atom. The summed E-state index contributed by atoms with van der Waals surface area (Å²) in [4.78, 5) is 23.6. The number of allylic oxidation sites excluding steroid dienone is 1. The molecule has 0 aliphatic rings. The number of nitrogens with zero attached hydrogens (tertiary/aromatic N) is 1. The van der Waals surface area contributed by atoms with E-state index < -0.39 is 5.76 Å². The summed E-state index contributed by atoms with van der Waals surface area (Å²) in [5.41, 5.74) is 3.04.